The average molecular weight is 310 g/mol. The number of amides is 1. The molecule has 0 aliphatic carbocycles. The van der Waals surface area contributed by atoms with Crippen LogP contribution in [0.1, 0.15) is 32.8 Å². The van der Waals surface area contributed by atoms with Crippen molar-refractivity contribution in [2.45, 2.75) is 38.8 Å². The van der Waals surface area contributed by atoms with Crippen LogP contribution in [0.25, 0.3) is 0 Å². The third kappa shape index (κ3) is 7.04. The third-order valence-corrected chi connectivity index (χ3v) is 2.40. The van der Waals surface area contributed by atoms with E-state index in [2.05, 4.69) is 17.2 Å². The Morgan fingerprint density at radius 1 is 1.32 bits per heavy atom. The Labute approximate surface area is 129 Å². The van der Waals surface area contributed by atoms with Gasteiger partial charge in [0, 0.05) is 11.6 Å². The summed E-state index contributed by atoms with van der Waals surface area (Å²) in [6.45, 7) is 5.52. The molecule has 0 unspecified atom stereocenters. The zero-order valence-corrected chi connectivity index (χ0v) is 12.9. The summed E-state index contributed by atoms with van der Waals surface area (Å²) < 4.78 is 31.3. The molecule has 0 saturated carbocycles. The van der Waals surface area contributed by atoms with E-state index in [1.807, 2.05) is 0 Å². The maximum Gasteiger partial charge on any atom is 0.408 e. The minimum atomic E-state index is -0.709. The summed E-state index contributed by atoms with van der Waals surface area (Å²) in [4.78, 5) is 11.7. The number of benzene rings is 1. The highest BCUT2D eigenvalue weighted by atomic mass is 19.1. The molecule has 120 valence electrons. The Morgan fingerprint density at radius 3 is 2.41 bits per heavy atom. The molecule has 4 nitrogen and oxygen atoms in total. The summed E-state index contributed by atoms with van der Waals surface area (Å²) in [5.41, 5.74) is 5.03. The first-order valence-corrected chi connectivity index (χ1v) is 6.87. The highest BCUT2D eigenvalue weighted by Gasteiger charge is 2.18. The SMILES string of the molecule is CC(C)(C)OC(=O)N[C@@H](C#Cc1cc(F)cc(F)c1)CCN. The number of hydrogen-bond donors (Lipinski definition) is 2. The topological polar surface area (TPSA) is 64.3 Å². The molecule has 1 rings (SSSR count). The van der Waals surface area contributed by atoms with Gasteiger partial charge in [-0.15, -0.1) is 0 Å². The molecule has 0 aliphatic heterocycles. The van der Waals surface area contributed by atoms with Gasteiger partial charge in [-0.3, -0.25) is 0 Å². The molecular weight excluding hydrogens is 290 g/mol. The number of halogens is 2. The zero-order valence-electron chi connectivity index (χ0n) is 12.9. The second-order valence-corrected chi connectivity index (χ2v) is 5.70. The van der Waals surface area contributed by atoms with Crippen LogP contribution in [-0.2, 0) is 4.74 Å². The summed E-state index contributed by atoms with van der Waals surface area (Å²) in [6, 6.07) is 2.43. The molecule has 1 atom stereocenters. The minimum Gasteiger partial charge on any atom is -0.444 e. The summed E-state index contributed by atoms with van der Waals surface area (Å²) in [6.07, 6.45) is -0.227. The summed E-state index contributed by atoms with van der Waals surface area (Å²) in [5.74, 6) is 3.94. The van der Waals surface area contributed by atoms with Gasteiger partial charge in [0.15, 0.2) is 0 Å². The lowest BCUT2D eigenvalue weighted by atomic mass is 10.1. The van der Waals surface area contributed by atoms with E-state index >= 15 is 0 Å². The molecule has 0 radical (unpaired) electrons. The van der Waals surface area contributed by atoms with Crippen LogP contribution in [-0.4, -0.2) is 24.3 Å². The molecule has 0 heterocycles. The van der Waals surface area contributed by atoms with Crippen LogP contribution in [0.15, 0.2) is 18.2 Å². The maximum absolute atomic E-state index is 13.1. The van der Waals surface area contributed by atoms with Gasteiger partial charge in [0.25, 0.3) is 0 Å². The van der Waals surface area contributed by atoms with Crippen LogP contribution in [0, 0.1) is 23.5 Å². The monoisotopic (exact) mass is 310 g/mol. The van der Waals surface area contributed by atoms with Crippen LogP contribution in [0.5, 0.6) is 0 Å². The van der Waals surface area contributed by atoms with E-state index in [9.17, 15) is 13.6 Å². The van der Waals surface area contributed by atoms with Crippen LogP contribution in [0.4, 0.5) is 13.6 Å². The second-order valence-electron chi connectivity index (χ2n) is 5.70. The summed E-state index contributed by atoms with van der Waals surface area (Å²) in [5, 5.41) is 2.57. The molecule has 3 N–H and O–H groups in total. The smallest absolute Gasteiger partial charge is 0.408 e. The van der Waals surface area contributed by atoms with E-state index in [4.69, 9.17) is 10.5 Å². The lowest BCUT2D eigenvalue weighted by molar-refractivity contribution is 0.0515. The van der Waals surface area contributed by atoms with Gasteiger partial charge in [-0.05, 0) is 45.9 Å². The summed E-state index contributed by atoms with van der Waals surface area (Å²) in [7, 11) is 0. The average Bonchev–Trinajstić information content (AvgIpc) is 2.32. The lowest BCUT2D eigenvalue weighted by Crippen LogP contribution is -2.39. The molecule has 0 spiro atoms. The number of nitrogens with two attached hydrogens (primary N) is 1. The number of rotatable bonds is 3. The maximum atomic E-state index is 13.1. The molecule has 0 bridgehead atoms. The molecule has 1 aromatic carbocycles. The fraction of sp³-hybridized carbons (Fsp3) is 0.438. The largest absolute Gasteiger partial charge is 0.444 e. The highest BCUT2D eigenvalue weighted by Crippen LogP contribution is 2.08. The van der Waals surface area contributed by atoms with Gasteiger partial charge >= 0.3 is 6.09 Å². The van der Waals surface area contributed by atoms with E-state index in [0.717, 1.165) is 18.2 Å². The van der Waals surface area contributed by atoms with Gasteiger partial charge in [0.2, 0.25) is 0 Å². The predicted molar refractivity (Wildman–Crippen MR) is 80.1 cm³/mol. The van der Waals surface area contributed by atoms with Gasteiger partial charge in [-0.2, -0.15) is 0 Å². The van der Waals surface area contributed by atoms with Crippen molar-refractivity contribution in [3.63, 3.8) is 0 Å². The van der Waals surface area contributed by atoms with Crippen LogP contribution in [0.2, 0.25) is 0 Å². The second kappa shape index (κ2) is 7.76. The quantitative estimate of drug-likeness (QED) is 0.843. The van der Waals surface area contributed by atoms with Crippen molar-refractivity contribution in [3.05, 3.63) is 35.4 Å². The fourth-order valence-electron chi connectivity index (χ4n) is 1.59. The molecule has 0 saturated heterocycles. The predicted octanol–water partition coefficient (Wildman–Crippen LogP) is 2.56. The van der Waals surface area contributed by atoms with E-state index in [1.165, 1.54) is 0 Å². The number of carbonyl (C=O) groups is 1. The van der Waals surface area contributed by atoms with Gasteiger partial charge < -0.3 is 15.8 Å². The Kier molecular flexibility index (Phi) is 6.32. The van der Waals surface area contributed by atoms with E-state index in [1.54, 1.807) is 20.8 Å². The van der Waals surface area contributed by atoms with Crippen molar-refractivity contribution >= 4 is 6.09 Å². The molecule has 1 amide bonds. The molecule has 1 aromatic rings. The van der Waals surface area contributed by atoms with Crippen LogP contribution >= 0.6 is 0 Å². The Bertz CT molecular complexity index is 566. The molecule has 0 fully saturated rings. The zero-order chi connectivity index (χ0) is 16.8. The van der Waals surface area contributed by atoms with Gasteiger partial charge in [0.05, 0.1) is 6.04 Å². The molecule has 22 heavy (non-hydrogen) atoms. The lowest BCUT2D eigenvalue weighted by Gasteiger charge is -2.21. The van der Waals surface area contributed by atoms with Crippen molar-refractivity contribution in [1.82, 2.24) is 5.32 Å². The van der Waals surface area contributed by atoms with Gasteiger partial charge in [-0.25, -0.2) is 13.6 Å². The first-order valence-electron chi connectivity index (χ1n) is 6.87. The molecule has 0 aliphatic rings. The number of ether oxygens (including phenoxy) is 1. The number of hydrogen-bond acceptors (Lipinski definition) is 3. The number of alkyl carbamates (subject to hydrolysis) is 1. The Balaban J connectivity index is 2.80. The third-order valence-electron chi connectivity index (χ3n) is 2.40. The molecule has 6 heteroatoms. The fourth-order valence-corrected chi connectivity index (χ4v) is 1.59. The van der Waals surface area contributed by atoms with E-state index < -0.39 is 29.4 Å². The summed E-state index contributed by atoms with van der Waals surface area (Å²) >= 11 is 0. The van der Waals surface area contributed by atoms with Crippen molar-refractivity contribution < 1.29 is 18.3 Å². The first-order chi connectivity index (χ1) is 10.2. The van der Waals surface area contributed by atoms with E-state index in [0.29, 0.717) is 13.0 Å². The standard InChI is InChI=1S/C16H20F2N2O2/c1-16(2,3)22-15(21)20-14(6-7-19)5-4-11-8-12(17)10-13(18)9-11/h8-10,14H,6-7,19H2,1-3H3,(H,20,21)/t14-/m0/s1. The Morgan fingerprint density at radius 2 is 1.91 bits per heavy atom. The van der Waals surface area contributed by atoms with Crippen molar-refractivity contribution in [2.24, 2.45) is 5.73 Å². The van der Waals surface area contributed by atoms with Gasteiger partial charge in [-0.1, -0.05) is 11.8 Å². The van der Waals surface area contributed by atoms with Crippen molar-refractivity contribution in [2.75, 3.05) is 6.54 Å². The number of nitrogens with one attached hydrogen (secondary N) is 1. The number of carbonyl (C=O) groups excluding carboxylic acids is 1. The van der Waals surface area contributed by atoms with Crippen LogP contribution in [0.3, 0.4) is 0 Å². The minimum absolute atomic E-state index is 0.186. The van der Waals surface area contributed by atoms with Gasteiger partial charge in [0.1, 0.15) is 17.2 Å². The van der Waals surface area contributed by atoms with Crippen molar-refractivity contribution in [1.29, 1.82) is 0 Å². The normalized spacial score (nSPS) is 12.1. The first kappa shape index (κ1) is 17.9. The molecular formula is C16H20F2N2O2. The molecule has 0 aromatic heterocycles. The van der Waals surface area contributed by atoms with Crippen molar-refractivity contribution in [3.8, 4) is 11.8 Å². The Hall–Kier alpha value is -2.13. The van der Waals surface area contributed by atoms with Crippen LogP contribution < -0.4 is 11.1 Å². The highest BCUT2D eigenvalue weighted by molar-refractivity contribution is 5.68. The van der Waals surface area contributed by atoms with E-state index in [-0.39, 0.29) is 5.56 Å².